The molecule has 0 saturated carbocycles. The third kappa shape index (κ3) is 2.18. The Bertz CT molecular complexity index is 746. The van der Waals surface area contributed by atoms with Crippen molar-refractivity contribution in [1.29, 1.82) is 0 Å². The summed E-state index contributed by atoms with van der Waals surface area (Å²) in [5.41, 5.74) is 5.13. The number of fused-ring (bicyclic) bond motifs is 1. The molecule has 0 spiro atoms. The molecule has 6 heteroatoms. The van der Waals surface area contributed by atoms with E-state index in [1.54, 1.807) is 16.2 Å². The molecule has 20 heavy (non-hydrogen) atoms. The number of hydrogen-bond donors (Lipinski definition) is 1. The largest absolute Gasteiger partial charge is 0.320 e. The molecule has 2 heterocycles. The van der Waals surface area contributed by atoms with Gasteiger partial charge in [-0.15, -0.1) is 0 Å². The molecule has 1 aromatic carbocycles. The topological polar surface area (TPSA) is 59.3 Å². The van der Waals surface area contributed by atoms with Crippen molar-refractivity contribution in [3.8, 4) is 0 Å². The highest BCUT2D eigenvalue weighted by molar-refractivity contribution is 7.14. The van der Waals surface area contributed by atoms with Crippen molar-refractivity contribution < 1.29 is 4.79 Å². The summed E-state index contributed by atoms with van der Waals surface area (Å²) < 4.78 is 1.61. The summed E-state index contributed by atoms with van der Waals surface area (Å²) in [6.45, 7) is 4.06. The summed E-state index contributed by atoms with van der Waals surface area (Å²) in [6, 6.07) is 6.01. The molecule has 0 radical (unpaired) electrons. The highest BCUT2D eigenvalue weighted by Crippen LogP contribution is 2.22. The molecule has 0 aliphatic heterocycles. The SMILES string of the molecule is CCc1cccc(C)c1NC(=O)c1cn2ncsc2n1. The van der Waals surface area contributed by atoms with Gasteiger partial charge in [-0.05, 0) is 24.5 Å². The van der Waals surface area contributed by atoms with Gasteiger partial charge in [-0.3, -0.25) is 4.79 Å². The molecule has 0 aliphatic carbocycles. The van der Waals surface area contributed by atoms with E-state index in [0.29, 0.717) is 5.69 Å². The van der Waals surface area contributed by atoms with Crippen LogP contribution in [0.15, 0.2) is 29.9 Å². The number of rotatable bonds is 3. The fourth-order valence-electron chi connectivity index (χ4n) is 2.13. The predicted molar refractivity (Wildman–Crippen MR) is 79.4 cm³/mol. The Morgan fingerprint density at radius 1 is 1.45 bits per heavy atom. The van der Waals surface area contributed by atoms with Crippen molar-refractivity contribution in [2.24, 2.45) is 0 Å². The monoisotopic (exact) mass is 286 g/mol. The number of nitrogens with zero attached hydrogens (tertiary/aromatic N) is 3. The van der Waals surface area contributed by atoms with Gasteiger partial charge in [-0.2, -0.15) is 5.10 Å². The van der Waals surface area contributed by atoms with E-state index >= 15 is 0 Å². The minimum Gasteiger partial charge on any atom is -0.320 e. The normalized spacial score (nSPS) is 10.9. The Balaban J connectivity index is 1.91. The number of hydrogen-bond acceptors (Lipinski definition) is 4. The number of carbonyl (C=O) groups is 1. The number of aromatic nitrogens is 3. The third-order valence-corrected chi connectivity index (χ3v) is 3.89. The second kappa shape index (κ2) is 5.05. The smallest absolute Gasteiger partial charge is 0.276 e. The second-order valence-corrected chi connectivity index (χ2v) is 5.32. The molecule has 3 aromatic rings. The van der Waals surface area contributed by atoms with Crippen LogP contribution in [-0.2, 0) is 6.42 Å². The Kier molecular flexibility index (Phi) is 3.23. The first-order valence-electron chi connectivity index (χ1n) is 6.37. The van der Waals surface area contributed by atoms with Gasteiger partial charge in [0.2, 0.25) is 4.96 Å². The lowest BCUT2D eigenvalue weighted by atomic mass is 10.1. The van der Waals surface area contributed by atoms with E-state index in [4.69, 9.17) is 0 Å². The second-order valence-electron chi connectivity index (χ2n) is 4.51. The van der Waals surface area contributed by atoms with Crippen LogP contribution in [0.5, 0.6) is 0 Å². The molecule has 0 unspecified atom stereocenters. The molecule has 0 saturated heterocycles. The van der Waals surface area contributed by atoms with Gasteiger partial charge >= 0.3 is 0 Å². The number of carbonyl (C=O) groups excluding carboxylic acids is 1. The van der Waals surface area contributed by atoms with E-state index in [1.165, 1.54) is 11.3 Å². The molecule has 1 N–H and O–H groups in total. The minimum absolute atomic E-state index is 0.202. The molecule has 0 fully saturated rings. The van der Waals surface area contributed by atoms with Gasteiger partial charge in [-0.25, -0.2) is 9.50 Å². The maximum atomic E-state index is 12.3. The molecule has 2 aromatic heterocycles. The molecule has 0 atom stereocenters. The van der Waals surface area contributed by atoms with Crippen molar-refractivity contribution >= 4 is 27.9 Å². The van der Waals surface area contributed by atoms with E-state index < -0.39 is 0 Å². The van der Waals surface area contributed by atoms with Crippen LogP contribution in [0.25, 0.3) is 4.96 Å². The van der Waals surface area contributed by atoms with E-state index in [1.807, 2.05) is 25.1 Å². The molecule has 102 valence electrons. The third-order valence-electron chi connectivity index (χ3n) is 3.20. The van der Waals surface area contributed by atoms with Crippen LogP contribution in [0.2, 0.25) is 0 Å². The van der Waals surface area contributed by atoms with Crippen LogP contribution < -0.4 is 5.32 Å². The van der Waals surface area contributed by atoms with Crippen molar-refractivity contribution in [1.82, 2.24) is 14.6 Å². The van der Waals surface area contributed by atoms with Gasteiger partial charge in [0, 0.05) is 5.69 Å². The number of benzene rings is 1. The van der Waals surface area contributed by atoms with Gasteiger partial charge < -0.3 is 5.32 Å². The molecule has 1 amide bonds. The maximum absolute atomic E-state index is 12.3. The standard InChI is InChI=1S/C14H14N4OS/c1-3-10-6-4-5-9(2)12(10)17-13(19)11-7-18-14(16-11)20-8-15-18/h4-8H,3H2,1-2H3,(H,17,19). The molecular weight excluding hydrogens is 272 g/mol. The van der Waals surface area contributed by atoms with Crippen molar-refractivity contribution in [2.45, 2.75) is 20.3 Å². The quantitative estimate of drug-likeness (QED) is 0.805. The van der Waals surface area contributed by atoms with Crippen LogP contribution in [0.3, 0.4) is 0 Å². The average Bonchev–Trinajstić information content (AvgIpc) is 3.01. The Hall–Kier alpha value is -2.21. The molecular formula is C14H14N4OS. The van der Waals surface area contributed by atoms with Crippen molar-refractivity contribution in [3.63, 3.8) is 0 Å². The number of para-hydroxylation sites is 1. The molecule has 0 bridgehead atoms. The zero-order valence-electron chi connectivity index (χ0n) is 11.3. The first-order chi connectivity index (χ1) is 9.69. The summed E-state index contributed by atoms with van der Waals surface area (Å²) in [4.78, 5) is 17.3. The fraction of sp³-hybridized carbons (Fsp3) is 0.214. The highest BCUT2D eigenvalue weighted by atomic mass is 32.1. The average molecular weight is 286 g/mol. The minimum atomic E-state index is -0.202. The summed E-state index contributed by atoms with van der Waals surface area (Å²) in [5.74, 6) is -0.202. The van der Waals surface area contributed by atoms with Crippen LogP contribution in [0.1, 0.15) is 28.5 Å². The van der Waals surface area contributed by atoms with Crippen LogP contribution in [0, 0.1) is 6.92 Å². The lowest BCUT2D eigenvalue weighted by Crippen LogP contribution is -2.14. The van der Waals surface area contributed by atoms with Gasteiger partial charge in [0.1, 0.15) is 11.2 Å². The maximum Gasteiger partial charge on any atom is 0.276 e. The first-order valence-corrected chi connectivity index (χ1v) is 7.25. The van der Waals surface area contributed by atoms with Gasteiger partial charge in [0.15, 0.2) is 0 Å². The van der Waals surface area contributed by atoms with Crippen LogP contribution in [0.4, 0.5) is 5.69 Å². The van der Waals surface area contributed by atoms with Gasteiger partial charge in [0.05, 0.1) is 6.20 Å². The first kappa shape index (κ1) is 12.8. The zero-order valence-corrected chi connectivity index (χ0v) is 12.1. The summed E-state index contributed by atoms with van der Waals surface area (Å²) in [7, 11) is 0. The summed E-state index contributed by atoms with van der Waals surface area (Å²) in [6.07, 6.45) is 2.52. The van der Waals surface area contributed by atoms with E-state index in [-0.39, 0.29) is 5.91 Å². The molecule has 0 aliphatic rings. The summed E-state index contributed by atoms with van der Waals surface area (Å²) >= 11 is 1.40. The number of amides is 1. The Morgan fingerprint density at radius 2 is 2.30 bits per heavy atom. The molecule has 5 nitrogen and oxygen atoms in total. The zero-order chi connectivity index (χ0) is 14.1. The molecule has 3 rings (SSSR count). The van der Waals surface area contributed by atoms with E-state index in [0.717, 1.165) is 28.2 Å². The van der Waals surface area contributed by atoms with E-state index in [2.05, 4.69) is 22.3 Å². The summed E-state index contributed by atoms with van der Waals surface area (Å²) in [5, 5.41) is 7.03. The predicted octanol–water partition coefficient (Wildman–Crippen LogP) is 2.91. The van der Waals surface area contributed by atoms with Crippen LogP contribution >= 0.6 is 11.3 Å². The van der Waals surface area contributed by atoms with Crippen molar-refractivity contribution in [3.05, 3.63) is 46.7 Å². The van der Waals surface area contributed by atoms with Gasteiger partial charge in [0.25, 0.3) is 5.91 Å². The van der Waals surface area contributed by atoms with E-state index in [9.17, 15) is 4.79 Å². The number of aryl methyl sites for hydroxylation is 2. The number of anilines is 1. The highest BCUT2D eigenvalue weighted by Gasteiger charge is 2.14. The van der Waals surface area contributed by atoms with Gasteiger partial charge in [-0.1, -0.05) is 36.5 Å². The lowest BCUT2D eigenvalue weighted by molar-refractivity contribution is 0.102. The fourth-order valence-corrected chi connectivity index (χ4v) is 2.73. The van der Waals surface area contributed by atoms with Crippen LogP contribution in [-0.4, -0.2) is 20.5 Å². The number of nitrogens with one attached hydrogen (secondary N) is 1. The Morgan fingerprint density at radius 3 is 3.05 bits per heavy atom. The van der Waals surface area contributed by atoms with Crippen molar-refractivity contribution in [2.75, 3.05) is 5.32 Å². The number of imidazole rings is 1. The lowest BCUT2D eigenvalue weighted by Gasteiger charge is -2.11. The Labute approximate surface area is 120 Å².